The van der Waals surface area contributed by atoms with Gasteiger partial charge in [0, 0.05) is 45.3 Å². The SMILES string of the molecule is CCC(=Nc1cc(Br)cnc1N)c1cc(C(=O)Nc2ccccc2)cc([N+](=O)[O-])c1. The average Bonchev–Trinajstić information content (AvgIpc) is 2.74. The van der Waals surface area contributed by atoms with Crippen LogP contribution in [-0.4, -0.2) is 21.5 Å². The van der Waals surface area contributed by atoms with Crippen molar-refractivity contribution in [2.45, 2.75) is 13.3 Å². The third kappa shape index (κ3) is 5.06. The monoisotopic (exact) mass is 467 g/mol. The average molecular weight is 468 g/mol. The number of non-ortho nitro benzene ring substituents is 1. The highest BCUT2D eigenvalue weighted by Gasteiger charge is 2.17. The number of hydrogen-bond donors (Lipinski definition) is 2. The molecular formula is C21H18BrN5O3. The van der Waals surface area contributed by atoms with Crippen molar-refractivity contribution in [1.29, 1.82) is 0 Å². The van der Waals surface area contributed by atoms with Crippen LogP contribution in [0.2, 0.25) is 0 Å². The van der Waals surface area contributed by atoms with Crippen molar-refractivity contribution in [3.05, 3.63) is 86.5 Å². The zero-order valence-electron chi connectivity index (χ0n) is 16.0. The van der Waals surface area contributed by atoms with Gasteiger partial charge in [0.25, 0.3) is 11.6 Å². The van der Waals surface area contributed by atoms with E-state index in [0.29, 0.717) is 33.5 Å². The lowest BCUT2D eigenvalue weighted by molar-refractivity contribution is -0.384. The van der Waals surface area contributed by atoms with Crippen molar-refractivity contribution in [2.24, 2.45) is 4.99 Å². The largest absolute Gasteiger partial charge is 0.382 e. The van der Waals surface area contributed by atoms with Crippen molar-refractivity contribution in [2.75, 3.05) is 11.1 Å². The summed E-state index contributed by atoms with van der Waals surface area (Å²) < 4.78 is 0.702. The van der Waals surface area contributed by atoms with Crippen LogP contribution in [0.25, 0.3) is 0 Å². The number of nitro groups is 1. The van der Waals surface area contributed by atoms with E-state index < -0.39 is 10.8 Å². The molecule has 3 aromatic rings. The maximum Gasteiger partial charge on any atom is 0.270 e. The van der Waals surface area contributed by atoms with E-state index in [1.54, 1.807) is 42.6 Å². The molecule has 0 radical (unpaired) electrons. The van der Waals surface area contributed by atoms with Gasteiger partial charge >= 0.3 is 0 Å². The number of halogens is 1. The minimum absolute atomic E-state index is 0.157. The molecule has 3 N–H and O–H groups in total. The fraction of sp³-hybridized carbons (Fsp3) is 0.0952. The molecule has 152 valence electrons. The highest BCUT2D eigenvalue weighted by molar-refractivity contribution is 9.10. The number of aliphatic imine (C=N–C) groups is 1. The summed E-state index contributed by atoms with van der Waals surface area (Å²) in [6.07, 6.45) is 2.02. The molecule has 30 heavy (non-hydrogen) atoms. The molecule has 0 spiro atoms. The molecule has 0 aliphatic rings. The molecule has 0 saturated carbocycles. The van der Waals surface area contributed by atoms with Crippen LogP contribution in [0.5, 0.6) is 0 Å². The number of nitro benzene ring substituents is 1. The molecule has 0 atom stereocenters. The molecule has 0 fully saturated rings. The predicted octanol–water partition coefficient (Wildman–Crippen LogP) is 5.12. The van der Waals surface area contributed by atoms with E-state index in [1.807, 2.05) is 13.0 Å². The summed E-state index contributed by atoms with van der Waals surface area (Å²) in [6.45, 7) is 1.86. The number of carbonyl (C=O) groups excluding carboxylic acids is 1. The molecule has 0 aliphatic carbocycles. The van der Waals surface area contributed by atoms with Crippen molar-refractivity contribution in [1.82, 2.24) is 4.98 Å². The number of pyridine rings is 1. The first-order chi connectivity index (χ1) is 14.4. The smallest absolute Gasteiger partial charge is 0.270 e. The van der Waals surface area contributed by atoms with Crippen LogP contribution in [0.4, 0.5) is 22.9 Å². The van der Waals surface area contributed by atoms with Gasteiger partial charge in [-0.1, -0.05) is 25.1 Å². The Kier molecular flexibility index (Phi) is 6.53. The lowest BCUT2D eigenvalue weighted by Gasteiger charge is -2.10. The maximum atomic E-state index is 12.7. The van der Waals surface area contributed by atoms with Crippen molar-refractivity contribution in [3.63, 3.8) is 0 Å². The Morgan fingerprint density at radius 3 is 2.57 bits per heavy atom. The number of para-hydroxylation sites is 1. The summed E-state index contributed by atoms with van der Waals surface area (Å²) in [5.41, 5.74) is 7.88. The topological polar surface area (TPSA) is 124 Å². The number of hydrogen-bond acceptors (Lipinski definition) is 6. The number of amides is 1. The van der Waals surface area contributed by atoms with E-state index in [9.17, 15) is 14.9 Å². The number of nitrogens with two attached hydrogens (primary N) is 1. The third-order valence-corrected chi connectivity index (χ3v) is 4.64. The molecule has 1 heterocycles. The third-order valence-electron chi connectivity index (χ3n) is 4.21. The number of nitrogens with zero attached hydrogens (tertiary/aromatic N) is 3. The second kappa shape index (κ2) is 9.27. The first kappa shape index (κ1) is 21.1. The van der Waals surface area contributed by atoms with Gasteiger partial charge in [0.05, 0.1) is 4.92 Å². The quantitative estimate of drug-likeness (QED) is 0.295. The van der Waals surface area contributed by atoms with E-state index >= 15 is 0 Å². The van der Waals surface area contributed by atoms with Gasteiger partial charge in [0.15, 0.2) is 0 Å². The van der Waals surface area contributed by atoms with Gasteiger partial charge in [-0.05, 0) is 46.6 Å². The molecule has 1 amide bonds. The lowest BCUT2D eigenvalue weighted by atomic mass is 10.0. The number of aromatic nitrogens is 1. The van der Waals surface area contributed by atoms with Gasteiger partial charge in [-0.2, -0.15) is 0 Å². The minimum Gasteiger partial charge on any atom is -0.382 e. The minimum atomic E-state index is -0.537. The Balaban J connectivity index is 2.04. The fourth-order valence-electron chi connectivity index (χ4n) is 2.76. The number of anilines is 2. The fourth-order valence-corrected chi connectivity index (χ4v) is 3.08. The summed E-state index contributed by atoms with van der Waals surface area (Å²) >= 11 is 3.33. The Morgan fingerprint density at radius 1 is 1.20 bits per heavy atom. The zero-order chi connectivity index (χ0) is 21.7. The maximum absolute atomic E-state index is 12.7. The van der Waals surface area contributed by atoms with Crippen molar-refractivity contribution < 1.29 is 9.72 Å². The molecule has 3 rings (SSSR count). The van der Waals surface area contributed by atoms with Crippen LogP contribution < -0.4 is 11.1 Å². The van der Waals surface area contributed by atoms with Gasteiger partial charge in [-0.25, -0.2) is 9.98 Å². The Bertz CT molecular complexity index is 1130. The van der Waals surface area contributed by atoms with Crippen molar-refractivity contribution >= 4 is 50.4 Å². The number of nitrogen functional groups attached to an aromatic ring is 1. The normalized spacial score (nSPS) is 11.2. The first-order valence-electron chi connectivity index (χ1n) is 9.02. The van der Waals surface area contributed by atoms with Gasteiger partial charge in [-0.15, -0.1) is 0 Å². The van der Waals surface area contributed by atoms with E-state index in [1.165, 1.54) is 12.1 Å². The Hall–Kier alpha value is -3.59. The molecule has 1 aromatic heterocycles. The molecule has 2 aromatic carbocycles. The van der Waals surface area contributed by atoms with E-state index in [2.05, 4.69) is 31.2 Å². The molecule has 0 unspecified atom stereocenters. The second-order valence-corrected chi connectivity index (χ2v) is 7.23. The highest BCUT2D eigenvalue weighted by atomic mass is 79.9. The number of benzene rings is 2. The first-order valence-corrected chi connectivity index (χ1v) is 9.81. The number of rotatable bonds is 6. The lowest BCUT2D eigenvalue weighted by Crippen LogP contribution is -2.13. The summed E-state index contributed by atoms with van der Waals surface area (Å²) in [5, 5.41) is 14.2. The van der Waals surface area contributed by atoms with Gasteiger partial charge in [-0.3, -0.25) is 14.9 Å². The number of carbonyl (C=O) groups is 1. The predicted molar refractivity (Wildman–Crippen MR) is 120 cm³/mol. The number of nitrogens with one attached hydrogen (secondary N) is 1. The van der Waals surface area contributed by atoms with Crippen LogP contribution >= 0.6 is 15.9 Å². The van der Waals surface area contributed by atoms with E-state index in [-0.39, 0.29) is 17.1 Å². The molecule has 0 saturated heterocycles. The van der Waals surface area contributed by atoms with Crippen LogP contribution in [-0.2, 0) is 0 Å². The van der Waals surface area contributed by atoms with Crippen LogP contribution in [0.15, 0.2) is 70.3 Å². The van der Waals surface area contributed by atoms with Gasteiger partial charge < -0.3 is 11.1 Å². The van der Waals surface area contributed by atoms with E-state index in [0.717, 1.165) is 0 Å². The Labute approximate surface area is 181 Å². The molecule has 9 heteroatoms. The summed E-state index contributed by atoms with van der Waals surface area (Å²) in [4.78, 5) is 32.2. The van der Waals surface area contributed by atoms with Crippen LogP contribution in [0.1, 0.15) is 29.3 Å². The van der Waals surface area contributed by atoms with Crippen LogP contribution in [0.3, 0.4) is 0 Å². The zero-order valence-corrected chi connectivity index (χ0v) is 17.6. The highest BCUT2D eigenvalue weighted by Crippen LogP contribution is 2.27. The molecule has 0 bridgehead atoms. The van der Waals surface area contributed by atoms with E-state index in [4.69, 9.17) is 5.73 Å². The summed E-state index contributed by atoms with van der Waals surface area (Å²) in [7, 11) is 0. The standard InChI is InChI=1S/C21H18BrN5O3/c1-2-18(26-19-11-15(22)12-24-20(19)23)13-8-14(10-17(9-13)27(29)30)21(28)25-16-6-4-3-5-7-16/h3-12H,2H2,1H3,(H2,23,24)(H,25,28). The summed E-state index contributed by atoms with van der Waals surface area (Å²) in [6, 6.07) is 14.8. The molecular weight excluding hydrogens is 450 g/mol. The second-order valence-electron chi connectivity index (χ2n) is 6.32. The van der Waals surface area contributed by atoms with Gasteiger partial charge in [0.2, 0.25) is 0 Å². The Morgan fingerprint density at radius 2 is 1.90 bits per heavy atom. The molecule has 8 nitrogen and oxygen atoms in total. The van der Waals surface area contributed by atoms with Crippen molar-refractivity contribution in [3.8, 4) is 0 Å². The van der Waals surface area contributed by atoms with Gasteiger partial charge in [0.1, 0.15) is 11.5 Å². The molecule has 0 aliphatic heterocycles. The summed E-state index contributed by atoms with van der Waals surface area (Å²) in [5.74, 6) is -0.220. The van der Waals surface area contributed by atoms with Crippen LogP contribution in [0, 0.1) is 10.1 Å².